The number of anilines is 1. The summed E-state index contributed by atoms with van der Waals surface area (Å²) in [5.41, 5.74) is 1.93. The molecule has 0 bridgehead atoms. The molecular weight excluding hydrogens is 366 g/mol. The quantitative estimate of drug-likeness (QED) is 0.776. The molecule has 2 saturated heterocycles. The second-order valence-corrected chi connectivity index (χ2v) is 7.89. The average Bonchev–Trinajstić information content (AvgIpc) is 3.41. The van der Waals surface area contributed by atoms with Crippen LogP contribution in [0.2, 0.25) is 0 Å². The molecule has 2 atom stereocenters. The van der Waals surface area contributed by atoms with E-state index in [1.807, 2.05) is 24.4 Å². The van der Waals surface area contributed by atoms with Crippen LogP contribution in [0.3, 0.4) is 0 Å². The van der Waals surface area contributed by atoms with Gasteiger partial charge >= 0.3 is 0 Å². The number of likely N-dealkylation sites (N-methyl/N-ethyl adjacent to an activating group) is 1. The van der Waals surface area contributed by atoms with Crippen molar-refractivity contribution in [2.24, 2.45) is 0 Å². The van der Waals surface area contributed by atoms with E-state index in [1.165, 1.54) is 0 Å². The molecule has 1 amide bonds. The van der Waals surface area contributed by atoms with Crippen molar-refractivity contribution in [2.45, 2.75) is 31.3 Å². The highest BCUT2D eigenvalue weighted by Crippen LogP contribution is 2.28. The van der Waals surface area contributed by atoms with Crippen LogP contribution >= 0.6 is 0 Å². The summed E-state index contributed by atoms with van der Waals surface area (Å²) in [4.78, 5) is 23.4. The van der Waals surface area contributed by atoms with Crippen LogP contribution in [0.1, 0.15) is 19.3 Å². The number of pyridine rings is 1. The number of hydrogen-bond donors (Lipinski definition) is 0. The molecule has 2 aliphatic rings. The van der Waals surface area contributed by atoms with Gasteiger partial charge in [-0.3, -0.25) is 14.7 Å². The maximum Gasteiger partial charge on any atom is 0.237 e. The third kappa shape index (κ3) is 3.85. The Labute approximate surface area is 171 Å². The molecule has 2 aromatic rings. The maximum atomic E-state index is 12.6. The molecular formula is C22H27N5O2. The van der Waals surface area contributed by atoms with Crippen molar-refractivity contribution in [1.29, 1.82) is 5.26 Å². The SMILES string of the molecule is COc1cccc2cc(N(C)[C@H]3CCN(CC(=O)N4CCC[C@H]4C#N)C3)cnc12. The lowest BCUT2D eigenvalue weighted by Crippen LogP contribution is -2.42. The highest BCUT2D eigenvalue weighted by molar-refractivity contribution is 5.87. The molecule has 2 fully saturated rings. The van der Waals surface area contributed by atoms with Crippen molar-refractivity contribution in [3.63, 3.8) is 0 Å². The molecule has 3 heterocycles. The molecule has 7 nitrogen and oxygen atoms in total. The number of likely N-dealkylation sites (tertiary alicyclic amines) is 2. The minimum Gasteiger partial charge on any atom is -0.494 e. The molecule has 1 aromatic carbocycles. The van der Waals surface area contributed by atoms with Crippen molar-refractivity contribution in [2.75, 3.05) is 45.2 Å². The Hall–Kier alpha value is -2.85. The number of nitriles is 1. The third-order valence-corrected chi connectivity index (χ3v) is 6.16. The fourth-order valence-electron chi connectivity index (χ4n) is 4.44. The normalized spacial score (nSPS) is 22.0. The summed E-state index contributed by atoms with van der Waals surface area (Å²) in [6.45, 7) is 2.83. The minimum absolute atomic E-state index is 0.0804. The molecule has 0 unspecified atom stereocenters. The predicted octanol–water partition coefficient (Wildman–Crippen LogP) is 2.27. The van der Waals surface area contributed by atoms with Crippen LogP contribution < -0.4 is 9.64 Å². The highest BCUT2D eigenvalue weighted by atomic mass is 16.5. The van der Waals surface area contributed by atoms with Crippen molar-refractivity contribution in [3.8, 4) is 11.8 Å². The molecule has 2 aliphatic heterocycles. The number of fused-ring (bicyclic) bond motifs is 1. The standard InChI is InChI=1S/C22H27N5O2/c1-25(19-11-16-5-3-7-20(29-2)22(16)24-13-19)18-8-10-26(14-18)15-21(28)27-9-4-6-17(27)12-23/h3,5,7,11,13,17-18H,4,6,8-10,14-15H2,1-2H3/t17-,18-/m0/s1. The van der Waals surface area contributed by atoms with Gasteiger partial charge in [-0.1, -0.05) is 12.1 Å². The van der Waals surface area contributed by atoms with Crippen LogP contribution in [0.25, 0.3) is 10.9 Å². The second kappa shape index (κ2) is 8.26. The number of ether oxygens (including phenoxy) is 1. The Kier molecular flexibility index (Phi) is 5.54. The molecule has 152 valence electrons. The number of aromatic nitrogens is 1. The Balaban J connectivity index is 1.40. The van der Waals surface area contributed by atoms with Crippen LogP contribution in [0.5, 0.6) is 5.75 Å². The summed E-state index contributed by atoms with van der Waals surface area (Å²) < 4.78 is 5.40. The molecule has 0 aliphatic carbocycles. The zero-order chi connectivity index (χ0) is 20.4. The fourth-order valence-corrected chi connectivity index (χ4v) is 4.44. The van der Waals surface area contributed by atoms with E-state index in [2.05, 4.69) is 34.0 Å². The molecule has 4 rings (SSSR count). The van der Waals surface area contributed by atoms with E-state index in [0.29, 0.717) is 19.1 Å². The number of rotatable bonds is 5. The van der Waals surface area contributed by atoms with E-state index in [-0.39, 0.29) is 11.9 Å². The van der Waals surface area contributed by atoms with Gasteiger partial charge in [-0.05, 0) is 31.4 Å². The Bertz CT molecular complexity index is 940. The number of carbonyl (C=O) groups excluding carboxylic acids is 1. The van der Waals surface area contributed by atoms with Gasteiger partial charge < -0.3 is 14.5 Å². The van der Waals surface area contributed by atoms with E-state index >= 15 is 0 Å². The smallest absolute Gasteiger partial charge is 0.237 e. The molecule has 0 N–H and O–H groups in total. The Morgan fingerprint density at radius 1 is 1.38 bits per heavy atom. The van der Waals surface area contributed by atoms with Crippen molar-refractivity contribution >= 4 is 22.5 Å². The third-order valence-electron chi connectivity index (χ3n) is 6.16. The topological polar surface area (TPSA) is 72.7 Å². The van der Waals surface area contributed by atoms with Crippen molar-refractivity contribution in [3.05, 3.63) is 30.5 Å². The van der Waals surface area contributed by atoms with Gasteiger partial charge in [-0.15, -0.1) is 0 Å². The number of benzene rings is 1. The molecule has 29 heavy (non-hydrogen) atoms. The molecule has 0 radical (unpaired) electrons. The van der Waals surface area contributed by atoms with Crippen molar-refractivity contribution < 1.29 is 9.53 Å². The summed E-state index contributed by atoms with van der Waals surface area (Å²) in [6, 6.07) is 10.4. The molecule has 0 saturated carbocycles. The Morgan fingerprint density at radius 3 is 3.03 bits per heavy atom. The summed E-state index contributed by atoms with van der Waals surface area (Å²) in [5, 5.41) is 10.3. The van der Waals surface area contributed by atoms with Crippen LogP contribution in [-0.2, 0) is 4.79 Å². The largest absolute Gasteiger partial charge is 0.494 e. The number of para-hydroxylation sites is 1. The van der Waals surface area contributed by atoms with Crippen molar-refractivity contribution in [1.82, 2.24) is 14.8 Å². The number of amides is 1. The van der Waals surface area contributed by atoms with Gasteiger partial charge in [-0.25, -0.2) is 0 Å². The van der Waals surface area contributed by atoms with Crippen LogP contribution in [-0.4, -0.2) is 73.1 Å². The zero-order valence-corrected chi connectivity index (χ0v) is 17.0. The minimum atomic E-state index is -0.246. The van der Waals surface area contributed by atoms with E-state index in [0.717, 1.165) is 54.7 Å². The van der Waals surface area contributed by atoms with Gasteiger partial charge in [0.25, 0.3) is 0 Å². The Morgan fingerprint density at radius 2 is 2.24 bits per heavy atom. The summed E-state index contributed by atoms with van der Waals surface area (Å²) in [7, 11) is 3.75. The van der Waals surface area contributed by atoms with E-state index < -0.39 is 0 Å². The van der Waals surface area contributed by atoms with E-state index in [4.69, 9.17) is 4.74 Å². The first-order valence-electron chi connectivity index (χ1n) is 10.2. The van der Waals surface area contributed by atoms with E-state index in [9.17, 15) is 10.1 Å². The lowest BCUT2D eigenvalue weighted by Gasteiger charge is -2.27. The summed E-state index contributed by atoms with van der Waals surface area (Å²) >= 11 is 0. The lowest BCUT2D eigenvalue weighted by atomic mass is 10.1. The molecule has 0 spiro atoms. The molecule has 1 aromatic heterocycles. The van der Waals surface area contributed by atoms with E-state index in [1.54, 1.807) is 12.0 Å². The number of nitrogens with zero attached hydrogens (tertiary/aromatic N) is 5. The summed E-state index contributed by atoms with van der Waals surface area (Å²) in [5.74, 6) is 0.858. The predicted molar refractivity (Wildman–Crippen MR) is 112 cm³/mol. The van der Waals surface area contributed by atoms with Gasteiger partial charge in [-0.2, -0.15) is 5.26 Å². The lowest BCUT2D eigenvalue weighted by molar-refractivity contribution is -0.132. The van der Waals surface area contributed by atoms with Gasteiger partial charge in [0.1, 0.15) is 17.3 Å². The van der Waals surface area contributed by atoms with Gasteiger partial charge in [0.05, 0.1) is 31.6 Å². The average molecular weight is 393 g/mol. The van der Waals surface area contributed by atoms with Gasteiger partial charge in [0.2, 0.25) is 5.91 Å². The first-order chi connectivity index (χ1) is 14.1. The fraction of sp³-hybridized carbons (Fsp3) is 0.500. The zero-order valence-electron chi connectivity index (χ0n) is 17.0. The monoisotopic (exact) mass is 393 g/mol. The highest BCUT2D eigenvalue weighted by Gasteiger charge is 2.32. The first kappa shape index (κ1) is 19.5. The number of hydrogen-bond acceptors (Lipinski definition) is 6. The van der Waals surface area contributed by atoms with Gasteiger partial charge in [0.15, 0.2) is 0 Å². The van der Waals surface area contributed by atoms with Crippen LogP contribution in [0, 0.1) is 11.3 Å². The molecule has 7 heteroatoms. The summed E-state index contributed by atoms with van der Waals surface area (Å²) in [6.07, 6.45) is 4.62. The van der Waals surface area contributed by atoms with Crippen LogP contribution in [0.4, 0.5) is 5.69 Å². The maximum absolute atomic E-state index is 12.6. The number of methoxy groups -OCH3 is 1. The first-order valence-corrected chi connectivity index (χ1v) is 10.2. The number of carbonyl (C=O) groups is 1. The van der Waals surface area contributed by atoms with Crippen LogP contribution in [0.15, 0.2) is 30.5 Å². The second-order valence-electron chi connectivity index (χ2n) is 7.89. The van der Waals surface area contributed by atoms with Gasteiger partial charge in [0, 0.05) is 38.1 Å².